The van der Waals surface area contributed by atoms with Crippen LogP contribution < -0.4 is 10.6 Å². The molecule has 0 fully saturated rings. The molecule has 4 aromatic heterocycles. The Labute approximate surface area is 225 Å². The Morgan fingerprint density at radius 3 is 2.63 bits per heavy atom. The highest BCUT2D eigenvalue weighted by Gasteiger charge is 2.20. The number of hydrogen-bond donors (Lipinski definition) is 3. The van der Waals surface area contributed by atoms with E-state index in [1.54, 1.807) is 31.5 Å². The molecule has 0 unspecified atom stereocenters. The molecule has 0 spiro atoms. The molecule has 0 amide bonds. The number of aromatic nitrogens is 4. The van der Waals surface area contributed by atoms with Crippen LogP contribution in [0, 0.1) is 16.9 Å². The van der Waals surface area contributed by atoms with Crippen LogP contribution in [0.1, 0.15) is 37.7 Å². The minimum Gasteiger partial charge on any atom is -0.373 e. The zero-order valence-electron chi connectivity index (χ0n) is 21.8. The molecular formula is C29H30F2N6S. The standard InChI is InChI=1S/C29H30F2N6S/c1-7-18(13-19(8-2)35-17(5)16(3)4)21-15-34-29(32-6)20(26(21)31)14-25-36-22-11-12-33-28(27(22)37-25)23-9-10-24(30)38-23/h7-13,15-16,35H,2,5,14H2,1,3-4,6H3,(H,32,34)(H,36,37)/b18-7+,19-13+. The molecule has 9 heteroatoms. The van der Waals surface area contributed by atoms with Crippen LogP contribution in [0.5, 0.6) is 0 Å². The molecule has 4 rings (SSSR count). The number of imidazole rings is 1. The van der Waals surface area contributed by atoms with Gasteiger partial charge in [0.05, 0.1) is 10.4 Å². The molecule has 4 heterocycles. The van der Waals surface area contributed by atoms with Gasteiger partial charge in [-0.3, -0.25) is 4.98 Å². The molecule has 0 saturated heterocycles. The number of halogens is 2. The highest BCUT2D eigenvalue weighted by Crippen LogP contribution is 2.32. The highest BCUT2D eigenvalue weighted by atomic mass is 32.1. The second kappa shape index (κ2) is 11.5. The zero-order chi connectivity index (χ0) is 27.4. The fourth-order valence-corrected chi connectivity index (χ4v) is 4.66. The van der Waals surface area contributed by atoms with Crippen molar-refractivity contribution >= 4 is 33.8 Å². The number of nitrogens with one attached hydrogen (secondary N) is 3. The van der Waals surface area contributed by atoms with Gasteiger partial charge in [-0.25, -0.2) is 14.4 Å². The summed E-state index contributed by atoms with van der Waals surface area (Å²) >= 11 is 1.00. The van der Waals surface area contributed by atoms with Gasteiger partial charge in [0.1, 0.15) is 28.7 Å². The van der Waals surface area contributed by atoms with E-state index >= 15 is 4.39 Å². The van der Waals surface area contributed by atoms with Gasteiger partial charge >= 0.3 is 0 Å². The summed E-state index contributed by atoms with van der Waals surface area (Å²) in [6.45, 7) is 13.8. The van der Waals surface area contributed by atoms with Crippen LogP contribution in [0.15, 0.2) is 73.4 Å². The first-order valence-electron chi connectivity index (χ1n) is 12.2. The number of hydrogen-bond acceptors (Lipinski definition) is 6. The number of rotatable bonds is 10. The third-order valence-electron chi connectivity index (χ3n) is 6.10. The van der Waals surface area contributed by atoms with Crippen molar-refractivity contribution in [1.29, 1.82) is 0 Å². The fourth-order valence-electron chi connectivity index (χ4n) is 3.93. The normalized spacial score (nSPS) is 12.3. The number of thiophene rings is 1. The molecular weight excluding hydrogens is 502 g/mol. The third kappa shape index (κ3) is 5.57. The summed E-state index contributed by atoms with van der Waals surface area (Å²) in [5, 5.41) is 5.93. The van der Waals surface area contributed by atoms with Crippen molar-refractivity contribution in [2.24, 2.45) is 5.92 Å². The van der Waals surface area contributed by atoms with Crippen molar-refractivity contribution < 1.29 is 8.78 Å². The van der Waals surface area contributed by atoms with Gasteiger partial charge in [-0.05, 0) is 48.8 Å². The second-order valence-electron chi connectivity index (χ2n) is 8.94. The predicted octanol–water partition coefficient (Wildman–Crippen LogP) is 7.22. The summed E-state index contributed by atoms with van der Waals surface area (Å²) in [5.41, 5.74) is 4.82. The van der Waals surface area contributed by atoms with Gasteiger partial charge in [-0.2, -0.15) is 4.39 Å². The van der Waals surface area contributed by atoms with Crippen LogP contribution >= 0.6 is 11.3 Å². The Morgan fingerprint density at radius 1 is 1.21 bits per heavy atom. The first kappa shape index (κ1) is 26.9. The summed E-state index contributed by atoms with van der Waals surface area (Å²) in [7, 11) is 1.70. The molecule has 3 N–H and O–H groups in total. The van der Waals surface area contributed by atoms with E-state index in [1.165, 1.54) is 12.3 Å². The van der Waals surface area contributed by atoms with E-state index in [1.807, 2.05) is 32.9 Å². The molecule has 0 aromatic carbocycles. The first-order valence-corrected chi connectivity index (χ1v) is 13.0. The topological polar surface area (TPSA) is 78.5 Å². The lowest BCUT2D eigenvalue weighted by Gasteiger charge is -2.16. The van der Waals surface area contributed by atoms with Gasteiger partial charge in [-0.15, -0.1) is 11.3 Å². The highest BCUT2D eigenvalue weighted by molar-refractivity contribution is 7.13. The number of pyridine rings is 2. The van der Waals surface area contributed by atoms with Crippen LogP contribution in [0.4, 0.5) is 14.6 Å². The number of allylic oxidation sites excluding steroid dienone is 5. The van der Waals surface area contributed by atoms with E-state index in [-0.39, 0.29) is 17.5 Å². The van der Waals surface area contributed by atoms with Gasteiger partial charge in [0.2, 0.25) is 0 Å². The van der Waals surface area contributed by atoms with Gasteiger partial charge in [0.25, 0.3) is 0 Å². The smallest absolute Gasteiger partial charge is 0.177 e. The molecule has 0 saturated carbocycles. The molecule has 0 aliphatic carbocycles. The molecule has 4 aromatic rings. The lowest BCUT2D eigenvalue weighted by molar-refractivity contribution is 0.607. The third-order valence-corrected chi connectivity index (χ3v) is 6.98. The number of aromatic amines is 1. The van der Waals surface area contributed by atoms with E-state index in [0.717, 1.165) is 22.6 Å². The fraction of sp³-hybridized carbons (Fsp3) is 0.207. The predicted molar refractivity (Wildman–Crippen MR) is 153 cm³/mol. The van der Waals surface area contributed by atoms with E-state index in [9.17, 15) is 4.39 Å². The van der Waals surface area contributed by atoms with Crippen molar-refractivity contribution in [2.75, 3.05) is 12.4 Å². The van der Waals surface area contributed by atoms with Crippen molar-refractivity contribution in [3.63, 3.8) is 0 Å². The maximum absolute atomic E-state index is 16.1. The van der Waals surface area contributed by atoms with Crippen molar-refractivity contribution in [2.45, 2.75) is 27.2 Å². The lowest BCUT2D eigenvalue weighted by atomic mass is 10.0. The van der Waals surface area contributed by atoms with Crippen LogP contribution in [-0.2, 0) is 6.42 Å². The van der Waals surface area contributed by atoms with Crippen molar-refractivity contribution in [3.05, 3.63) is 101 Å². The number of H-pyrrole nitrogens is 1. The first-order chi connectivity index (χ1) is 18.2. The van der Waals surface area contributed by atoms with Crippen molar-refractivity contribution in [3.8, 4) is 10.6 Å². The molecule has 0 aliphatic rings. The van der Waals surface area contributed by atoms with E-state index in [4.69, 9.17) is 4.98 Å². The van der Waals surface area contributed by atoms with Gasteiger partial charge in [0, 0.05) is 48.4 Å². The van der Waals surface area contributed by atoms with Gasteiger partial charge in [-0.1, -0.05) is 33.1 Å². The Bertz CT molecular complexity index is 1560. The SMILES string of the molecule is C=C/C(=C\C(=C/C)c1cnc(NC)c(Cc2nc3c(-c4ccc(F)s4)nccc3[nH]2)c1F)NC(=C)C(C)C. The molecule has 0 radical (unpaired) electrons. The molecule has 0 atom stereocenters. The minimum atomic E-state index is -0.404. The average Bonchev–Trinajstić information content (AvgIpc) is 3.53. The van der Waals surface area contributed by atoms with Crippen LogP contribution in [0.25, 0.3) is 27.2 Å². The Kier molecular flexibility index (Phi) is 8.16. The summed E-state index contributed by atoms with van der Waals surface area (Å²) in [5.74, 6) is 0.782. The zero-order valence-corrected chi connectivity index (χ0v) is 22.6. The number of nitrogens with zero attached hydrogens (tertiary/aromatic N) is 3. The van der Waals surface area contributed by atoms with E-state index in [0.29, 0.717) is 50.1 Å². The van der Waals surface area contributed by atoms with E-state index in [2.05, 4.69) is 38.7 Å². The molecule has 0 aliphatic heterocycles. The van der Waals surface area contributed by atoms with Gasteiger partial charge < -0.3 is 15.6 Å². The monoisotopic (exact) mass is 532 g/mol. The molecule has 196 valence electrons. The van der Waals surface area contributed by atoms with Gasteiger partial charge in [0.15, 0.2) is 5.13 Å². The minimum absolute atomic E-state index is 0.160. The largest absolute Gasteiger partial charge is 0.373 e. The average molecular weight is 533 g/mol. The lowest BCUT2D eigenvalue weighted by Crippen LogP contribution is -2.15. The Hall–Kier alpha value is -4.11. The quantitative estimate of drug-likeness (QED) is 0.188. The number of fused-ring (bicyclic) bond motifs is 1. The maximum Gasteiger partial charge on any atom is 0.177 e. The summed E-state index contributed by atoms with van der Waals surface area (Å²) in [6.07, 6.45) is 8.63. The summed E-state index contributed by atoms with van der Waals surface area (Å²) in [6, 6.07) is 4.87. The molecule has 0 bridgehead atoms. The van der Waals surface area contributed by atoms with Crippen LogP contribution in [-0.4, -0.2) is 27.0 Å². The van der Waals surface area contributed by atoms with Crippen LogP contribution in [0.2, 0.25) is 0 Å². The summed E-state index contributed by atoms with van der Waals surface area (Å²) < 4.78 is 29.7. The Morgan fingerprint density at radius 2 is 2.00 bits per heavy atom. The summed E-state index contributed by atoms with van der Waals surface area (Å²) in [4.78, 5) is 17.5. The molecule has 38 heavy (non-hydrogen) atoms. The Balaban J connectivity index is 1.73. The maximum atomic E-state index is 16.1. The van der Waals surface area contributed by atoms with Crippen LogP contribution in [0.3, 0.4) is 0 Å². The van der Waals surface area contributed by atoms with E-state index < -0.39 is 5.82 Å². The van der Waals surface area contributed by atoms with Crippen molar-refractivity contribution in [1.82, 2.24) is 25.3 Å². The molecule has 6 nitrogen and oxygen atoms in total. The second-order valence-corrected chi connectivity index (χ2v) is 9.97. The number of anilines is 1.